The van der Waals surface area contributed by atoms with E-state index in [9.17, 15) is 9.59 Å². The van der Waals surface area contributed by atoms with Crippen molar-refractivity contribution in [1.82, 2.24) is 35.3 Å². The van der Waals surface area contributed by atoms with Crippen LogP contribution >= 0.6 is 23.2 Å². The van der Waals surface area contributed by atoms with Crippen molar-refractivity contribution in [1.29, 1.82) is 0 Å². The topological polar surface area (TPSA) is 150 Å². The molecule has 0 radical (unpaired) electrons. The Morgan fingerprint density at radius 2 is 1.85 bits per heavy atom. The van der Waals surface area contributed by atoms with E-state index in [-0.39, 0.29) is 24.4 Å². The first-order chi connectivity index (χ1) is 26.2. The normalized spacial score (nSPS) is 17.6. The summed E-state index contributed by atoms with van der Waals surface area (Å²) in [5.41, 5.74) is 6.51. The number of alkyl carbamates (subject to hydrolysis) is 1. The van der Waals surface area contributed by atoms with Gasteiger partial charge in [0.05, 0.1) is 60.1 Å². The summed E-state index contributed by atoms with van der Waals surface area (Å²) < 4.78 is 24.1. The van der Waals surface area contributed by atoms with Crippen molar-refractivity contribution in [2.24, 2.45) is 5.41 Å². The number of nitrogens with zero attached hydrogens (tertiary/aromatic N) is 4. The number of ether oxygens (including phenoxy) is 4. The first kappa shape index (κ1) is 36.0. The predicted molar refractivity (Wildman–Crippen MR) is 203 cm³/mol. The molecule has 54 heavy (non-hydrogen) atoms. The Hall–Kier alpha value is -4.95. The highest BCUT2D eigenvalue weighted by Gasteiger charge is 2.49. The van der Waals surface area contributed by atoms with E-state index in [0.717, 1.165) is 37.3 Å². The van der Waals surface area contributed by atoms with Crippen molar-refractivity contribution < 1.29 is 28.5 Å². The Morgan fingerprint density at radius 3 is 2.59 bits per heavy atom. The summed E-state index contributed by atoms with van der Waals surface area (Å²) in [6.07, 6.45) is 8.46. The number of fused-ring (bicyclic) bond motifs is 1. The molecule has 1 spiro atoms. The molecule has 13 nitrogen and oxygen atoms in total. The molecule has 1 atom stereocenters. The average molecular weight is 773 g/mol. The molecule has 6 heterocycles. The molecule has 3 fully saturated rings. The Morgan fingerprint density at radius 1 is 1.04 bits per heavy atom. The van der Waals surface area contributed by atoms with Crippen molar-refractivity contribution in [3.05, 3.63) is 82.4 Å². The van der Waals surface area contributed by atoms with Crippen LogP contribution in [-0.2, 0) is 27.4 Å². The SMILES string of the molecule is COc1nc(-c2cccc(-c3ccnc(-c4cc(OC)c5nc(CNC6CC7(COC7)C6)cn5c4)c3Cl)c2Cl)ccc1COC(=O)NC[C@@H]1CCC(=O)N1. The minimum Gasteiger partial charge on any atom is -0.493 e. The molecule has 0 unspecified atom stereocenters. The number of pyridine rings is 3. The Balaban J connectivity index is 0.998. The van der Waals surface area contributed by atoms with Gasteiger partial charge in [0.15, 0.2) is 11.4 Å². The second-order valence-electron chi connectivity index (χ2n) is 14.1. The first-order valence-electron chi connectivity index (χ1n) is 17.8. The Labute approximate surface area is 321 Å². The lowest BCUT2D eigenvalue weighted by Crippen LogP contribution is -2.58. The highest BCUT2D eigenvalue weighted by atomic mass is 35.5. The molecule has 5 aromatic rings. The molecule has 2 aliphatic heterocycles. The molecule has 2 amide bonds. The van der Waals surface area contributed by atoms with Crippen molar-refractivity contribution in [2.45, 2.75) is 50.9 Å². The third-order valence-corrected chi connectivity index (χ3v) is 11.1. The summed E-state index contributed by atoms with van der Waals surface area (Å²) in [6, 6.07) is 13.3. The van der Waals surface area contributed by atoms with Gasteiger partial charge in [-0.25, -0.2) is 14.8 Å². The largest absolute Gasteiger partial charge is 0.493 e. The van der Waals surface area contributed by atoms with Crippen LogP contribution in [0.3, 0.4) is 0 Å². The van der Waals surface area contributed by atoms with Crippen LogP contribution in [0.2, 0.25) is 10.0 Å². The van der Waals surface area contributed by atoms with Crippen LogP contribution in [0.25, 0.3) is 39.3 Å². The van der Waals surface area contributed by atoms with E-state index in [1.807, 2.05) is 47.1 Å². The summed E-state index contributed by atoms with van der Waals surface area (Å²) in [6.45, 7) is 2.64. The second kappa shape index (κ2) is 15.1. The van der Waals surface area contributed by atoms with Gasteiger partial charge in [0, 0.05) is 77.9 Å². The van der Waals surface area contributed by atoms with Crippen LogP contribution in [-0.4, -0.2) is 77.4 Å². The number of methoxy groups -OCH3 is 2. The number of carbonyl (C=O) groups excluding carboxylic acids is 2. The number of hydrogen-bond donors (Lipinski definition) is 3. The highest BCUT2D eigenvalue weighted by molar-refractivity contribution is 6.39. The third kappa shape index (κ3) is 7.16. The van der Waals surface area contributed by atoms with Crippen LogP contribution < -0.4 is 25.4 Å². The van der Waals surface area contributed by atoms with E-state index in [1.54, 1.807) is 25.4 Å². The van der Waals surface area contributed by atoms with Gasteiger partial charge >= 0.3 is 6.09 Å². The van der Waals surface area contributed by atoms with Crippen LogP contribution in [0.15, 0.2) is 61.1 Å². The average Bonchev–Trinajstić information content (AvgIpc) is 3.77. The van der Waals surface area contributed by atoms with E-state index in [1.165, 1.54) is 7.11 Å². The van der Waals surface area contributed by atoms with E-state index >= 15 is 0 Å². The molecular weight excluding hydrogens is 733 g/mol. The molecule has 1 saturated carbocycles. The number of hydrogen-bond acceptors (Lipinski definition) is 10. The van der Waals surface area contributed by atoms with Crippen molar-refractivity contribution in [3.63, 3.8) is 0 Å². The number of carbonyl (C=O) groups is 2. The number of benzene rings is 1. The lowest BCUT2D eigenvalue weighted by molar-refractivity contribution is -0.167. The second-order valence-corrected chi connectivity index (χ2v) is 14.8. The first-order valence-corrected chi connectivity index (χ1v) is 18.5. The number of aromatic nitrogens is 4. The van der Waals surface area contributed by atoms with Gasteiger partial charge in [0.1, 0.15) is 6.61 Å². The zero-order valence-corrected chi connectivity index (χ0v) is 31.3. The fraction of sp³-hybridized carbons (Fsp3) is 0.359. The van der Waals surface area contributed by atoms with Gasteiger partial charge in [-0.15, -0.1) is 0 Å². The van der Waals surface area contributed by atoms with Crippen molar-refractivity contribution in [3.8, 4) is 45.3 Å². The molecular formula is C39H39Cl2N7O6. The summed E-state index contributed by atoms with van der Waals surface area (Å²) in [5, 5.41) is 9.98. The van der Waals surface area contributed by atoms with Crippen LogP contribution in [0.4, 0.5) is 4.79 Å². The van der Waals surface area contributed by atoms with E-state index in [2.05, 4.69) is 20.9 Å². The van der Waals surface area contributed by atoms with Gasteiger partial charge in [0.2, 0.25) is 11.8 Å². The third-order valence-electron chi connectivity index (χ3n) is 10.3. The number of rotatable bonds is 12. The summed E-state index contributed by atoms with van der Waals surface area (Å²) in [4.78, 5) is 37.9. The number of amides is 2. The van der Waals surface area contributed by atoms with Crippen molar-refractivity contribution >= 4 is 40.8 Å². The maximum absolute atomic E-state index is 12.3. The molecule has 3 N–H and O–H groups in total. The fourth-order valence-corrected chi connectivity index (χ4v) is 8.06. The van der Waals surface area contributed by atoms with Crippen LogP contribution in [0.5, 0.6) is 11.6 Å². The Kier molecular flexibility index (Phi) is 10.1. The number of imidazole rings is 1. The van der Waals surface area contributed by atoms with Crippen LogP contribution in [0, 0.1) is 5.41 Å². The molecule has 8 rings (SSSR count). The Bertz CT molecular complexity index is 2240. The van der Waals surface area contributed by atoms with E-state index < -0.39 is 6.09 Å². The molecule has 0 bridgehead atoms. The smallest absolute Gasteiger partial charge is 0.407 e. The lowest BCUT2D eigenvalue weighted by Gasteiger charge is -2.53. The molecule has 1 aromatic carbocycles. The number of halogens is 2. The molecule has 3 aliphatic rings. The summed E-state index contributed by atoms with van der Waals surface area (Å²) >= 11 is 14.2. The molecule has 1 aliphatic carbocycles. The summed E-state index contributed by atoms with van der Waals surface area (Å²) in [5.74, 6) is 0.872. The van der Waals surface area contributed by atoms with Gasteiger partial charge in [-0.2, -0.15) is 0 Å². The molecule has 2 saturated heterocycles. The van der Waals surface area contributed by atoms with Gasteiger partial charge in [-0.1, -0.05) is 41.4 Å². The number of nitrogens with one attached hydrogen (secondary N) is 3. The minimum absolute atomic E-state index is 0.0189. The molecule has 4 aromatic heterocycles. The standard InChI is InChI=1S/C39H39Cl2N7O6/c1-51-31-12-23(17-48-18-26(46-36(31)48)16-43-25-13-39(14-25)20-53-21-39)35-34(41)28(10-11-42-35)27-4-3-5-29(33(27)40)30-8-6-22(37(47-30)52-2)19-54-38(50)44-15-24-7-9-32(49)45-24/h3-6,8,10-12,17-18,24-25,43H,7,9,13-16,19-21H2,1-2H3,(H,44,50)(H,45,49)/t24-/m0/s1. The maximum atomic E-state index is 12.3. The van der Waals surface area contributed by atoms with E-state index in [4.69, 9.17) is 52.1 Å². The quantitative estimate of drug-likeness (QED) is 0.133. The van der Waals surface area contributed by atoms with Gasteiger partial charge < -0.3 is 39.3 Å². The lowest BCUT2D eigenvalue weighted by atomic mass is 9.64. The minimum atomic E-state index is -0.603. The van der Waals surface area contributed by atoms with Crippen molar-refractivity contribution in [2.75, 3.05) is 34.0 Å². The fourth-order valence-electron chi connectivity index (χ4n) is 7.42. The van der Waals surface area contributed by atoms with E-state index in [0.29, 0.717) is 92.5 Å². The van der Waals surface area contributed by atoms with Crippen LogP contribution in [0.1, 0.15) is 36.9 Å². The highest BCUT2D eigenvalue weighted by Crippen LogP contribution is 2.47. The molecule has 280 valence electrons. The van der Waals surface area contributed by atoms with Gasteiger partial charge in [-0.3, -0.25) is 9.78 Å². The molecule has 15 heteroatoms. The van der Waals surface area contributed by atoms with Gasteiger partial charge in [0.25, 0.3) is 0 Å². The predicted octanol–water partition coefficient (Wildman–Crippen LogP) is 6.22. The zero-order chi connectivity index (χ0) is 37.4. The monoisotopic (exact) mass is 771 g/mol. The zero-order valence-electron chi connectivity index (χ0n) is 29.8. The maximum Gasteiger partial charge on any atom is 0.407 e. The summed E-state index contributed by atoms with van der Waals surface area (Å²) in [7, 11) is 3.12. The van der Waals surface area contributed by atoms with Gasteiger partial charge in [-0.05, 0) is 43.5 Å².